The summed E-state index contributed by atoms with van der Waals surface area (Å²) >= 11 is 0. The molecule has 2 amide bonds. The standard InChI is InChI=1S/C19H21F2NO5/c20-19(21)27-15-5-3-12(4-6-15)18(25)22-16(23)10-26-17(24)9-14-8-11-1-2-13(14)7-11/h3-6,11,13-14,19H,1-2,7-10H2,(H,22,23,25)/t11-,13-,14+/m1/s1. The van der Waals surface area contributed by atoms with E-state index in [0.29, 0.717) is 18.3 Å². The molecule has 2 saturated carbocycles. The Morgan fingerprint density at radius 1 is 1.11 bits per heavy atom. The molecule has 2 bridgehead atoms. The predicted molar refractivity (Wildman–Crippen MR) is 90.1 cm³/mol. The first kappa shape index (κ1) is 19.3. The van der Waals surface area contributed by atoms with E-state index < -0.39 is 31.0 Å². The number of hydrogen-bond donors (Lipinski definition) is 1. The van der Waals surface area contributed by atoms with E-state index in [1.807, 2.05) is 0 Å². The molecule has 1 aromatic carbocycles. The second kappa shape index (κ2) is 8.45. The van der Waals surface area contributed by atoms with Gasteiger partial charge in [0.15, 0.2) is 6.61 Å². The second-order valence-electron chi connectivity index (χ2n) is 7.08. The molecule has 3 atom stereocenters. The fraction of sp³-hybridized carbons (Fsp3) is 0.526. The third kappa shape index (κ3) is 5.24. The quantitative estimate of drug-likeness (QED) is 0.735. The molecule has 1 N–H and O–H groups in total. The van der Waals surface area contributed by atoms with Crippen LogP contribution >= 0.6 is 0 Å². The van der Waals surface area contributed by atoms with Gasteiger partial charge >= 0.3 is 12.6 Å². The van der Waals surface area contributed by atoms with Crippen LogP contribution in [0.25, 0.3) is 0 Å². The third-order valence-corrected chi connectivity index (χ3v) is 5.27. The lowest BCUT2D eigenvalue weighted by atomic mass is 9.86. The molecule has 0 aliphatic heterocycles. The molecule has 27 heavy (non-hydrogen) atoms. The van der Waals surface area contributed by atoms with E-state index in [2.05, 4.69) is 10.1 Å². The highest BCUT2D eigenvalue weighted by Crippen LogP contribution is 2.49. The Morgan fingerprint density at radius 2 is 1.85 bits per heavy atom. The summed E-state index contributed by atoms with van der Waals surface area (Å²) in [6.07, 6.45) is 4.96. The zero-order valence-corrected chi connectivity index (χ0v) is 14.7. The van der Waals surface area contributed by atoms with E-state index in [1.165, 1.54) is 43.5 Å². The van der Waals surface area contributed by atoms with Gasteiger partial charge in [0.05, 0.1) is 0 Å². The Kier molecular flexibility index (Phi) is 6.03. The average molecular weight is 381 g/mol. The van der Waals surface area contributed by atoms with Gasteiger partial charge in [-0.15, -0.1) is 0 Å². The van der Waals surface area contributed by atoms with E-state index in [-0.39, 0.29) is 11.3 Å². The Hall–Kier alpha value is -2.51. The largest absolute Gasteiger partial charge is 0.456 e. The normalized spacial score (nSPS) is 23.3. The van der Waals surface area contributed by atoms with Gasteiger partial charge in [-0.2, -0.15) is 8.78 Å². The average Bonchev–Trinajstić information content (AvgIpc) is 3.23. The highest BCUT2D eigenvalue weighted by atomic mass is 19.3. The van der Waals surface area contributed by atoms with Gasteiger partial charge in [0.25, 0.3) is 11.8 Å². The molecule has 0 heterocycles. The molecule has 8 heteroatoms. The number of fused-ring (bicyclic) bond motifs is 2. The number of carbonyl (C=O) groups excluding carboxylic acids is 3. The van der Waals surface area contributed by atoms with Crippen LogP contribution < -0.4 is 10.1 Å². The van der Waals surface area contributed by atoms with Crippen molar-refractivity contribution >= 4 is 17.8 Å². The van der Waals surface area contributed by atoms with Crippen LogP contribution in [0.4, 0.5) is 8.78 Å². The first-order valence-corrected chi connectivity index (χ1v) is 8.95. The molecule has 2 aliphatic carbocycles. The van der Waals surface area contributed by atoms with E-state index >= 15 is 0 Å². The van der Waals surface area contributed by atoms with Crippen molar-refractivity contribution in [1.29, 1.82) is 0 Å². The molecule has 0 aromatic heterocycles. The van der Waals surface area contributed by atoms with Crippen molar-refractivity contribution in [1.82, 2.24) is 5.32 Å². The highest BCUT2D eigenvalue weighted by Gasteiger charge is 2.40. The molecule has 0 unspecified atom stereocenters. The molecular formula is C19H21F2NO5. The van der Waals surface area contributed by atoms with Gasteiger partial charge in [-0.05, 0) is 61.3 Å². The van der Waals surface area contributed by atoms with E-state index in [1.54, 1.807) is 0 Å². The van der Waals surface area contributed by atoms with Crippen LogP contribution in [-0.2, 0) is 14.3 Å². The molecule has 2 fully saturated rings. The number of carbonyl (C=O) groups is 3. The fourth-order valence-corrected chi connectivity index (χ4v) is 4.07. The van der Waals surface area contributed by atoms with Crippen LogP contribution in [0.5, 0.6) is 5.75 Å². The van der Waals surface area contributed by atoms with Crippen molar-refractivity contribution in [3.63, 3.8) is 0 Å². The molecule has 0 saturated heterocycles. The lowest BCUT2D eigenvalue weighted by Gasteiger charge is -2.20. The van der Waals surface area contributed by atoms with E-state index in [0.717, 1.165) is 12.3 Å². The first-order valence-electron chi connectivity index (χ1n) is 8.95. The summed E-state index contributed by atoms with van der Waals surface area (Å²) < 4.78 is 33.3. The summed E-state index contributed by atoms with van der Waals surface area (Å²) in [6.45, 7) is -3.49. The minimum Gasteiger partial charge on any atom is -0.456 e. The topological polar surface area (TPSA) is 81.7 Å². The van der Waals surface area contributed by atoms with Gasteiger partial charge in [0, 0.05) is 12.0 Å². The number of esters is 1. The lowest BCUT2D eigenvalue weighted by molar-refractivity contribution is -0.149. The maximum absolute atomic E-state index is 12.1. The van der Waals surface area contributed by atoms with Gasteiger partial charge < -0.3 is 9.47 Å². The maximum atomic E-state index is 12.1. The number of nitrogens with one attached hydrogen (secondary N) is 1. The highest BCUT2D eigenvalue weighted by molar-refractivity contribution is 6.05. The van der Waals surface area contributed by atoms with Crippen molar-refractivity contribution < 1.29 is 32.6 Å². The predicted octanol–water partition coefficient (Wildman–Crippen LogP) is 2.91. The van der Waals surface area contributed by atoms with Crippen LogP contribution in [-0.4, -0.2) is 31.0 Å². The van der Waals surface area contributed by atoms with E-state index in [4.69, 9.17) is 4.74 Å². The van der Waals surface area contributed by atoms with E-state index in [9.17, 15) is 23.2 Å². The van der Waals surface area contributed by atoms with Crippen LogP contribution in [0.1, 0.15) is 42.5 Å². The summed E-state index contributed by atoms with van der Waals surface area (Å²) in [5.41, 5.74) is 0.0956. The molecular weight excluding hydrogens is 360 g/mol. The van der Waals surface area contributed by atoms with Crippen LogP contribution in [0.3, 0.4) is 0 Å². The van der Waals surface area contributed by atoms with Gasteiger partial charge in [-0.1, -0.05) is 6.42 Å². The molecule has 0 radical (unpaired) electrons. The number of ether oxygens (including phenoxy) is 2. The Balaban J connectivity index is 1.39. The van der Waals surface area contributed by atoms with Crippen molar-refractivity contribution in [3.8, 4) is 5.75 Å². The second-order valence-corrected chi connectivity index (χ2v) is 7.08. The van der Waals surface area contributed by atoms with Gasteiger partial charge in [-0.3, -0.25) is 19.7 Å². The number of halogens is 2. The Bertz CT molecular complexity index is 707. The van der Waals surface area contributed by atoms with Gasteiger partial charge in [0.2, 0.25) is 0 Å². The van der Waals surface area contributed by atoms with Crippen molar-refractivity contribution in [2.45, 2.75) is 38.7 Å². The summed E-state index contributed by atoms with van der Waals surface area (Å²) in [6, 6.07) is 4.89. The Morgan fingerprint density at radius 3 is 2.44 bits per heavy atom. The smallest absolute Gasteiger partial charge is 0.387 e. The third-order valence-electron chi connectivity index (χ3n) is 5.27. The van der Waals surface area contributed by atoms with Crippen LogP contribution in [0.2, 0.25) is 0 Å². The number of amides is 2. The number of rotatable bonds is 7. The molecule has 1 aromatic rings. The van der Waals surface area contributed by atoms with Crippen LogP contribution in [0.15, 0.2) is 24.3 Å². The van der Waals surface area contributed by atoms with Gasteiger partial charge in [0.1, 0.15) is 5.75 Å². The number of hydrogen-bond acceptors (Lipinski definition) is 5. The van der Waals surface area contributed by atoms with Crippen molar-refractivity contribution in [2.24, 2.45) is 17.8 Å². The first-order chi connectivity index (χ1) is 12.9. The minimum absolute atomic E-state index is 0.0950. The fourth-order valence-electron chi connectivity index (χ4n) is 4.07. The molecule has 2 aliphatic rings. The molecule has 0 spiro atoms. The summed E-state index contributed by atoms with van der Waals surface area (Å²) in [4.78, 5) is 35.6. The zero-order valence-electron chi connectivity index (χ0n) is 14.7. The Labute approximate surface area is 155 Å². The molecule has 6 nitrogen and oxygen atoms in total. The molecule has 146 valence electrons. The number of alkyl halides is 2. The maximum Gasteiger partial charge on any atom is 0.387 e. The monoisotopic (exact) mass is 381 g/mol. The molecule has 3 rings (SSSR count). The summed E-state index contributed by atoms with van der Waals surface area (Å²) in [5.74, 6) is -0.316. The summed E-state index contributed by atoms with van der Waals surface area (Å²) in [5, 5.41) is 2.09. The SMILES string of the molecule is O=C(COC(=O)C[C@@H]1C[C@@H]2CC[C@@H]1C2)NC(=O)c1ccc(OC(F)F)cc1. The minimum atomic E-state index is -2.96. The van der Waals surface area contributed by atoms with Gasteiger partial charge in [-0.25, -0.2) is 0 Å². The van der Waals surface area contributed by atoms with Crippen molar-refractivity contribution in [2.75, 3.05) is 6.61 Å². The van der Waals surface area contributed by atoms with Crippen molar-refractivity contribution in [3.05, 3.63) is 29.8 Å². The number of benzene rings is 1. The zero-order chi connectivity index (χ0) is 19.4. The lowest BCUT2D eigenvalue weighted by Crippen LogP contribution is -2.34. The van der Waals surface area contributed by atoms with Crippen LogP contribution in [0, 0.1) is 17.8 Å². The number of imide groups is 1. The summed E-state index contributed by atoms with van der Waals surface area (Å²) in [7, 11) is 0.